The Balaban J connectivity index is 2.04. The summed E-state index contributed by atoms with van der Waals surface area (Å²) < 4.78 is 11.6. The van der Waals surface area contributed by atoms with Gasteiger partial charge in [0.25, 0.3) is 11.8 Å². The highest BCUT2D eigenvalue weighted by Gasteiger charge is 2.47. The predicted octanol–water partition coefficient (Wildman–Crippen LogP) is 1.74. The van der Waals surface area contributed by atoms with E-state index in [0.717, 1.165) is 25.9 Å². The first-order valence-corrected chi connectivity index (χ1v) is 13.3. The summed E-state index contributed by atoms with van der Waals surface area (Å²) >= 11 is 0. The molecule has 0 radical (unpaired) electrons. The van der Waals surface area contributed by atoms with E-state index in [-0.39, 0.29) is 37.1 Å². The molecule has 2 aliphatic rings. The maximum absolute atomic E-state index is 14.0. The Morgan fingerprint density at radius 2 is 1.92 bits per heavy atom. The van der Waals surface area contributed by atoms with Crippen molar-refractivity contribution < 1.29 is 23.9 Å². The van der Waals surface area contributed by atoms with Crippen molar-refractivity contribution in [3.8, 4) is 5.75 Å². The van der Waals surface area contributed by atoms with Crippen LogP contribution in [0.1, 0.15) is 57.8 Å². The van der Waals surface area contributed by atoms with E-state index >= 15 is 0 Å². The van der Waals surface area contributed by atoms with E-state index in [1.165, 1.54) is 4.90 Å². The second-order valence-corrected chi connectivity index (χ2v) is 11.0. The van der Waals surface area contributed by atoms with Crippen LogP contribution in [0.25, 0.3) is 0 Å². The average Bonchev–Trinajstić information content (AvgIpc) is 2.88. The predicted molar refractivity (Wildman–Crippen MR) is 147 cm³/mol. The molecule has 2 aliphatic heterocycles. The van der Waals surface area contributed by atoms with Gasteiger partial charge in [-0.15, -0.1) is 0 Å². The molecule has 212 valence electrons. The smallest absolute Gasteiger partial charge is 0.311 e. The SMILES string of the molecule is CNc1cc2c(cc1C(=O)N(C(C)C)[C@@H]1CCCNC1)N(CCOC(=O)C(C)(C)C)C(=O)C(NC)(NC)O2. The van der Waals surface area contributed by atoms with E-state index in [1.807, 2.05) is 18.7 Å². The van der Waals surface area contributed by atoms with E-state index in [0.29, 0.717) is 22.7 Å². The summed E-state index contributed by atoms with van der Waals surface area (Å²) in [5, 5.41) is 12.4. The molecule has 0 aliphatic carbocycles. The first-order chi connectivity index (χ1) is 17.9. The number of nitrogens with zero attached hydrogens (tertiary/aromatic N) is 2. The van der Waals surface area contributed by atoms with Gasteiger partial charge in [-0.1, -0.05) is 0 Å². The van der Waals surface area contributed by atoms with E-state index in [9.17, 15) is 14.4 Å². The molecule has 0 bridgehead atoms. The number of hydrogen-bond donors (Lipinski definition) is 4. The highest BCUT2D eigenvalue weighted by atomic mass is 16.5. The fourth-order valence-corrected chi connectivity index (χ4v) is 4.89. The molecule has 4 N–H and O–H groups in total. The molecule has 2 heterocycles. The second-order valence-electron chi connectivity index (χ2n) is 11.0. The summed E-state index contributed by atoms with van der Waals surface area (Å²) in [7, 11) is 4.99. The molecule has 1 saturated heterocycles. The van der Waals surface area contributed by atoms with Crippen molar-refractivity contribution in [2.24, 2.45) is 5.41 Å². The molecule has 0 unspecified atom stereocenters. The van der Waals surface area contributed by atoms with Crippen LogP contribution in [0.5, 0.6) is 5.75 Å². The molecule has 2 amide bonds. The van der Waals surface area contributed by atoms with Crippen molar-refractivity contribution >= 4 is 29.2 Å². The Morgan fingerprint density at radius 1 is 1.24 bits per heavy atom. The van der Waals surface area contributed by atoms with Gasteiger partial charge in [-0.3, -0.25) is 29.9 Å². The normalized spacial score (nSPS) is 19.0. The lowest BCUT2D eigenvalue weighted by atomic mass is 9.97. The third-order valence-corrected chi connectivity index (χ3v) is 7.02. The van der Waals surface area contributed by atoms with Gasteiger partial charge in [0, 0.05) is 31.7 Å². The first-order valence-electron chi connectivity index (χ1n) is 13.3. The Kier molecular flexibility index (Phi) is 9.27. The molecular formula is C27H44N6O5. The summed E-state index contributed by atoms with van der Waals surface area (Å²) in [5.41, 5.74) is 0.816. The standard InChI is InChI=1S/C27H44N6O5/c1-17(2)33(18-10-9-11-31-16-18)23(34)19-14-21-22(15-20(19)28-6)38-27(29-7,30-8)24(35)32(21)12-13-37-25(36)26(3,4)5/h14-15,17-18,28-31H,9-13,16H2,1-8H3/t18-/m1/s1. The molecule has 1 aromatic rings. The number of piperidine rings is 1. The summed E-state index contributed by atoms with van der Waals surface area (Å²) in [6.07, 6.45) is 1.93. The van der Waals surface area contributed by atoms with Gasteiger partial charge in [-0.25, -0.2) is 0 Å². The van der Waals surface area contributed by atoms with Gasteiger partial charge >= 0.3 is 11.9 Å². The topological polar surface area (TPSA) is 124 Å². The van der Waals surface area contributed by atoms with Gasteiger partial charge in [0.15, 0.2) is 0 Å². The average molecular weight is 533 g/mol. The lowest BCUT2D eigenvalue weighted by Crippen LogP contribution is -2.70. The lowest BCUT2D eigenvalue weighted by molar-refractivity contribution is -0.153. The van der Waals surface area contributed by atoms with Crippen molar-refractivity contribution in [2.75, 3.05) is 57.6 Å². The van der Waals surface area contributed by atoms with Gasteiger partial charge < -0.3 is 25.0 Å². The van der Waals surface area contributed by atoms with Gasteiger partial charge in [-0.2, -0.15) is 0 Å². The molecule has 11 nitrogen and oxygen atoms in total. The van der Waals surface area contributed by atoms with Crippen LogP contribution in [0.4, 0.5) is 11.4 Å². The zero-order valence-corrected chi connectivity index (χ0v) is 24.0. The molecule has 11 heteroatoms. The van der Waals surface area contributed by atoms with Crippen LogP contribution in [0.3, 0.4) is 0 Å². The van der Waals surface area contributed by atoms with Gasteiger partial charge in [0.05, 0.1) is 28.9 Å². The fraction of sp³-hybridized carbons (Fsp3) is 0.667. The third-order valence-electron chi connectivity index (χ3n) is 7.02. The molecule has 0 aromatic heterocycles. The van der Waals surface area contributed by atoms with Crippen molar-refractivity contribution in [1.82, 2.24) is 20.9 Å². The maximum Gasteiger partial charge on any atom is 0.311 e. The van der Waals surface area contributed by atoms with Gasteiger partial charge in [0.2, 0.25) is 0 Å². The molecule has 3 rings (SSSR count). The van der Waals surface area contributed by atoms with E-state index < -0.39 is 17.2 Å². The molecule has 1 fully saturated rings. The highest BCUT2D eigenvalue weighted by molar-refractivity contribution is 6.07. The minimum atomic E-state index is -1.52. The molecule has 38 heavy (non-hydrogen) atoms. The Labute approximate surface area is 226 Å². The Morgan fingerprint density at radius 3 is 2.45 bits per heavy atom. The van der Waals surface area contributed by atoms with Crippen LogP contribution in [-0.2, 0) is 14.3 Å². The lowest BCUT2D eigenvalue weighted by Gasteiger charge is -2.42. The van der Waals surface area contributed by atoms with E-state index in [2.05, 4.69) is 21.3 Å². The van der Waals surface area contributed by atoms with Crippen LogP contribution in [0.2, 0.25) is 0 Å². The monoisotopic (exact) mass is 532 g/mol. The molecule has 0 saturated carbocycles. The molecule has 1 aromatic carbocycles. The second kappa shape index (κ2) is 11.9. The number of amides is 2. The number of carbonyl (C=O) groups excluding carboxylic acids is 3. The Hall–Kier alpha value is -2.89. The van der Waals surface area contributed by atoms with Gasteiger partial charge in [-0.05, 0) is 74.2 Å². The molecule has 1 atom stereocenters. The number of nitrogens with one attached hydrogen (secondary N) is 4. The third kappa shape index (κ3) is 5.89. The number of rotatable bonds is 9. The van der Waals surface area contributed by atoms with Crippen molar-refractivity contribution in [1.29, 1.82) is 0 Å². The largest absolute Gasteiger partial charge is 0.463 e. The maximum atomic E-state index is 14.0. The van der Waals surface area contributed by atoms with E-state index in [1.54, 1.807) is 54.0 Å². The molecular weight excluding hydrogens is 488 g/mol. The number of carbonyl (C=O) groups is 3. The van der Waals surface area contributed by atoms with Crippen LogP contribution in [0.15, 0.2) is 12.1 Å². The summed E-state index contributed by atoms with van der Waals surface area (Å²) in [5.74, 6) is -2.00. The number of hydrogen-bond acceptors (Lipinski definition) is 9. The van der Waals surface area contributed by atoms with Crippen LogP contribution >= 0.6 is 0 Å². The van der Waals surface area contributed by atoms with Crippen LogP contribution in [0, 0.1) is 5.41 Å². The van der Waals surface area contributed by atoms with Gasteiger partial charge in [0.1, 0.15) is 12.4 Å². The number of anilines is 2. The number of ether oxygens (including phenoxy) is 2. The minimum absolute atomic E-state index is 0.00624. The quantitative estimate of drug-likeness (QED) is 0.278. The summed E-state index contributed by atoms with van der Waals surface area (Å²) in [4.78, 5) is 43.5. The van der Waals surface area contributed by atoms with Crippen molar-refractivity contribution in [3.63, 3.8) is 0 Å². The van der Waals surface area contributed by atoms with Crippen LogP contribution in [-0.4, -0.2) is 88.0 Å². The highest BCUT2D eigenvalue weighted by Crippen LogP contribution is 2.41. The Bertz CT molecular complexity index is 1030. The number of benzene rings is 1. The van der Waals surface area contributed by atoms with Crippen LogP contribution < -0.4 is 30.9 Å². The zero-order valence-electron chi connectivity index (χ0n) is 24.0. The van der Waals surface area contributed by atoms with Crippen molar-refractivity contribution in [3.05, 3.63) is 17.7 Å². The minimum Gasteiger partial charge on any atom is -0.463 e. The first kappa shape index (κ1) is 29.7. The number of esters is 1. The number of likely N-dealkylation sites (N-methyl/N-ethyl adjacent to an activating group) is 2. The fourth-order valence-electron chi connectivity index (χ4n) is 4.89. The molecule has 0 spiro atoms. The zero-order chi connectivity index (χ0) is 28.3. The summed E-state index contributed by atoms with van der Waals surface area (Å²) in [6, 6.07) is 3.50. The number of fused-ring (bicyclic) bond motifs is 1. The van der Waals surface area contributed by atoms with E-state index in [4.69, 9.17) is 9.47 Å². The summed E-state index contributed by atoms with van der Waals surface area (Å²) in [6.45, 7) is 11.1. The van der Waals surface area contributed by atoms with Crippen molar-refractivity contribution in [2.45, 2.75) is 65.4 Å².